The summed E-state index contributed by atoms with van der Waals surface area (Å²) in [6, 6.07) is 4.20. The Kier molecular flexibility index (Phi) is 4.86. The van der Waals surface area contributed by atoms with E-state index in [1.165, 1.54) is 44.2 Å². The van der Waals surface area contributed by atoms with Crippen LogP contribution in [0.15, 0.2) is 18.2 Å². The zero-order chi connectivity index (χ0) is 14.7. The zero-order valence-corrected chi connectivity index (χ0v) is 12.5. The second kappa shape index (κ2) is 6.84. The van der Waals surface area contributed by atoms with Gasteiger partial charge in [-0.3, -0.25) is 4.90 Å². The molecule has 1 aliphatic carbocycles. The number of nitrogens with one attached hydrogen (secondary N) is 1. The van der Waals surface area contributed by atoms with Gasteiger partial charge >= 0.3 is 0 Å². The highest BCUT2D eigenvalue weighted by molar-refractivity contribution is 5.23. The number of hydrogen-bond acceptors (Lipinski definition) is 2. The molecule has 2 fully saturated rings. The van der Waals surface area contributed by atoms with E-state index in [0.29, 0.717) is 5.92 Å². The van der Waals surface area contributed by atoms with Crippen molar-refractivity contribution in [1.29, 1.82) is 0 Å². The van der Waals surface area contributed by atoms with Crippen LogP contribution >= 0.6 is 0 Å². The number of piperazine rings is 1. The summed E-state index contributed by atoms with van der Waals surface area (Å²) in [5.74, 6) is -0.389. The van der Waals surface area contributed by atoms with Crippen molar-refractivity contribution in [3.8, 4) is 0 Å². The molecule has 116 valence electrons. The van der Waals surface area contributed by atoms with Gasteiger partial charge in [0.25, 0.3) is 0 Å². The minimum atomic E-state index is -0.457. The highest BCUT2D eigenvalue weighted by atomic mass is 19.1. The third kappa shape index (κ3) is 3.61. The van der Waals surface area contributed by atoms with Crippen molar-refractivity contribution in [2.45, 2.75) is 38.1 Å². The first-order chi connectivity index (χ1) is 10.2. The molecule has 0 radical (unpaired) electrons. The molecule has 1 aromatic rings. The molecule has 2 aliphatic rings. The lowest BCUT2D eigenvalue weighted by Gasteiger charge is -2.41. The molecule has 0 spiro atoms. The zero-order valence-electron chi connectivity index (χ0n) is 12.5. The molecule has 0 aromatic heterocycles. The van der Waals surface area contributed by atoms with Gasteiger partial charge in [-0.25, -0.2) is 8.78 Å². The van der Waals surface area contributed by atoms with E-state index in [1.54, 1.807) is 0 Å². The summed E-state index contributed by atoms with van der Waals surface area (Å²) >= 11 is 0. The molecule has 1 saturated carbocycles. The van der Waals surface area contributed by atoms with E-state index in [9.17, 15) is 8.78 Å². The normalized spacial score (nSPS) is 23.1. The van der Waals surface area contributed by atoms with Crippen LogP contribution in [0, 0.1) is 17.6 Å². The molecule has 1 N–H and O–H groups in total. The van der Waals surface area contributed by atoms with Crippen LogP contribution in [0.3, 0.4) is 0 Å². The number of hydrogen-bond donors (Lipinski definition) is 1. The van der Waals surface area contributed by atoms with Gasteiger partial charge in [0.05, 0.1) is 0 Å². The quantitative estimate of drug-likeness (QED) is 0.918. The standard InChI is InChI=1S/C17H24F2N2/c18-15-10-14(11-16(19)12-15)17(13-4-2-1-3-5-13)21-8-6-20-7-9-21/h10-13,17,20H,1-9H2/t17-/m0/s1. The van der Waals surface area contributed by atoms with Crippen molar-refractivity contribution in [1.82, 2.24) is 10.2 Å². The predicted octanol–water partition coefficient (Wildman–Crippen LogP) is 3.49. The molecule has 1 aromatic carbocycles. The Morgan fingerprint density at radius 1 is 0.952 bits per heavy atom. The third-order valence-corrected chi connectivity index (χ3v) is 4.87. The average molecular weight is 294 g/mol. The van der Waals surface area contributed by atoms with E-state index >= 15 is 0 Å². The van der Waals surface area contributed by atoms with Gasteiger partial charge in [0.1, 0.15) is 11.6 Å². The minimum Gasteiger partial charge on any atom is -0.314 e. The Morgan fingerprint density at radius 3 is 2.19 bits per heavy atom. The summed E-state index contributed by atoms with van der Waals surface area (Å²) in [6.45, 7) is 3.83. The maximum Gasteiger partial charge on any atom is 0.126 e. The Morgan fingerprint density at radius 2 is 1.57 bits per heavy atom. The van der Waals surface area contributed by atoms with Crippen LogP contribution in [0.4, 0.5) is 8.78 Å². The molecule has 0 bridgehead atoms. The molecule has 1 aliphatic heterocycles. The molecule has 1 saturated heterocycles. The molecule has 1 atom stereocenters. The predicted molar refractivity (Wildman–Crippen MR) is 80.1 cm³/mol. The molecule has 21 heavy (non-hydrogen) atoms. The van der Waals surface area contributed by atoms with Crippen LogP contribution < -0.4 is 5.32 Å². The van der Waals surface area contributed by atoms with E-state index in [4.69, 9.17) is 0 Å². The Hall–Kier alpha value is -1.00. The van der Waals surface area contributed by atoms with Crippen LogP contribution in [0.2, 0.25) is 0 Å². The van der Waals surface area contributed by atoms with Gasteiger partial charge in [-0.1, -0.05) is 19.3 Å². The van der Waals surface area contributed by atoms with Crippen molar-refractivity contribution < 1.29 is 8.78 Å². The molecular weight excluding hydrogens is 270 g/mol. The molecule has 0 unspecified atom stereocenters. The van der Waals surface area contributed by atoms with Crippen molar-refractivity contribution in [3.63, 3.8) is 0 Å². The van der Waals surface area contributed by atoms with Gasteiger partial charge in [-0.2, -0.15) is 0 Å². The smallest absolute Gasteiger partial charge is 0.126 e. The van der Waals surface area contributed by atoms with E-state index in [1.807, 2.05) is 0 Å². The highest BCUT2D eigenvalue weighted by Crippen LogP contribution is 2.38. The van der Waals surface area contributed by atoms with Gasteiger partial charge in [-0.15, -0.1) is 0 Å². The van der Waals surface area contributed by atoms with Crippen molar-refractivity contribution >= 4 is 0 Å². The first-order valence-corrected chi connectivity index (χ1v) is 8.15. The first kappa shape index (κ1) is 14.9. The van der Waals surface area contributed by atoms with E-state index in [0.717, 1.165) is 37.8 Å². The van der Waals surface area contributed by atoms with Crippen LogP contribution in [0.1, 0.15) is 43.7 Å². The highest BCUT2D eigenvalue weighted by Gasteiger charge is 2.31. The fourth-order valence-electron chi connectivity index (χ4n) is 3.94. The Bertz CT molecular complexity index is 428. The van der Waals surface area contributed by atoms with E-state index in [2.05, 4.69) is 10.2 Å². The Labute approximate surface area is 125 Å². The second-order valence-corrected chi connectivity index (χ2v) is 6.33. The average Bonchev–Trinajstić information content (AvgIpc) is 2.49. The van der Waals surface area contributed by atoms with Crippen LogP contribution in [0.5, 0.6) is 0 Å². The maximum absolute atomic E-state index is 13.7. The van der Waals surface area contributed by atoms with Crippen molar-refractivity contribution in [2.75, 3.05) is 26.2 Å². The SMILES string of the molecule is Fc1cc(F)cc([C@H](C2CCCCC2)N2CCNCC2)c1. The van der Waals surface area contributed by atoms with Gasteiger partial charge < -0.3 is 5.32 Å². The van der Waals surface area contributed by atoms with E-state index < -0.39 is 11.6 Å². The number of rotatable bonds is 3. The van der Waals surface area contributed by atoms with Gasteiger partial charge in [0.2, 0.25) is 0 Å². The molecule has 4 heteroatoms. The summed E-state index contributed by atoms with van der Waals surface area (Å²) in [4.78, 5) is 2.42. The number of nitrogens with zero attached hydrogens (tertiary/aromatic N) is 1. The third-order valence-electron chi connectivity index (χ3n) is 4.87. The summed E-state index contributed by atoms with van der Waals surface area (Å²) in [5, 5.41) is 3.36. The lowest BCUT2D eigenvalue weighted by atomic mass is 9.80. The van der Waals surface area contributed by atoms with Gasteiger partial charge in [0.15, 0.2) is 0 Å². The Balaban J connectivity index is 1.89. The minimum absolute atomic E-state index is 0.164. The molecule has 2 nitrogen and oxygen atoms in total. The van der Waals surface area contributed by atoms with Crippen LogP contribution in [-0.2, 0) is 0 Å². The van der Waals surface area contributed by atoms with Crippen molar-refractivity contribution in [3.05, 3.63) is 35.4 Å². The lowest BCUT2D eigenvalue weighted by molar-refractivity contribution is 0.103. The molecule has 0 amide bonds. The van der Waals surface area contributed by atoms with E-state index in [-0.39, 0.29) is 6.04 Å². The summed E-state index contributed by atoms with van der Waals surface area (Å²) in [7, 11) is 0. The summed E-state index contributed by atoms with van der Waals surface area (Å²) in [5.41, 5.74) is 0.821. The fraction of sp³-hybridized carbons (Fsp3) is 0.647. The molecular formula is C17H24F2N2. The molecule has 1 heterocycles. The number of benzene rings is 1. The second-order valence-electron chi connectivity index (χ2n) is 6.33. The fourth-order valence-corrected chi connectivity index (χ4v) is 3.94. The van der Waals surface area contributed by atoms with Crippen LogP contribution in [0.25, 0.3) is 0 Å². The number of halogens is 2. The van der Waals surface area contributed by atoms with Gasteiger partial charge in [0, 0.05) is 38.3 Å². The molecule has 3 rings (SSSR count). The lowest BCUT2D eigenvalue weighted by Crippen LogP contribution is -2.47. The largest absolute Gasteiger partial charge is 0.314 e. The van der Waals surface area contributed by atoms with Gasteiger partial charge in [-0.05, 0) is 36.5 Å². The summed E-state index contributed by atoms with van der Waals surface area (Å²) < 4.78 is 27.3. The van der Waals surface area contributed by atoms with Crippen LogP contribution in [-0.4, -0.2) is 31.1 Å². The maximum atomic E-state index is 13.7. The topological polar surface area (TPSA) is 15.3 Å². The monoisotopic (exact) mass is 294 g/mol. The first-order valence-electron chi connectivity index (χ1n) is 8.15. The summed E-state index contributed by atoms with van der Waals surface area (Å²) in [6.07, 6.45) is 6.12. The van der Waals surface area contributed by atoms with Crippen molar-refractivity contribution in [2.24, 2.45) is 5.92 Å².